The fraction of sp³-hybridized carbons (Fsp3) is 0.875. The van der Waals surface area contributed by atoms with Crippen molar-refractivity contribution >= 4 is 13.8 Å². The number of hydrogen-bond donors (Lipinski definition) is 2. The van der Waals surface area contributed by atoms with Gasteiger partial charge in [-0.2, -0.15) is 0 Å². The van der Waals surface area contributed by atoms with Crippen LogP contribution >= 0.6 is 7.82 Å². The SMILES string of the molecule is CCCCCC/C=C\C/C=C\CCCCCCCCCCOCC(COP(=O)(O)OCCN)OC(=O)CCCCCCCCCCCCC. The number of unbranched alkanes of at least 4 members (excludes halogenated alkanes) is 22. The van der Waals surface area contributed by atoms with E-state index < -0.39 is 13.9 Å². The summed E-state index contributed by atoms with van der Waals surface area (Å²) in [5.74, 6) is -0.333. The lowest BCUT2D eigenvalue weighted by Crippen LogP contribution is -2.28. The van der Waals surface area contributed by atoms with Crippen LogP contribution in [0.3, 0.4) is 0 Å². The van der Waals surface area contributed by atoms with E-state index in [9.17, 15) is 14.3 Å². The first-order valence-electron chi connectivity index (χ1n) is 20.3. The van der Waals surface area contributed by atoms with Crippen molar-refractivity contribution in [2.45, 2.75) is 193 Å². The van der Waals surface area contributed by atoms with Crippen molar-refractivity contribution in [2.24, 2.45) is 5.73 Å². The zero-order valence-electron chi connectivity index (χ0n) is 31.9. The molecular weight excluding hydrogens is 637 g/mol. The molecule has 9 heteroatoms. The Morgan fingerprint density at radius 1 is 0.612 bits per heavy atom. The second kappa shape index (κ2) is 38.2. The van der Waals surface area contributed by atoms with Gasteiger partial charge in [0.2, 0.25) is 0 Å². The summed E-state index contributed by atoms with van der Waals surface area (Å²) in [7, 11) is -4.27. The third-order valence-corrected chi connectivity index (χ3v) is 9.61. The van der Waals surface area contributed by atoms with E-state index in [-0.39, 0.29) is 32.3 Å². The Balaban J connectivity index is 4.01. The van der Waals surface area contributed by atoms with Crippen molar-refractivity contribution in [3.63, 3.8) is 0 Å². The van der Waals surface area contributed by atoms with Gasteiger partial charge in [0.05, 0.1) is 19.8 Å². The van der Waals surface area contributed by atoms with Gasteiger partial charge < -0.3 is 20.1 Å². The van der Waals surface area contributed by atoms with Crippen LogP contribution in [0.15, 0.2) is 24.3 Å². The lowest BCUT2D eigenvalue weighted by atomic mass is 10.1. The maximum Gasteiger partial charge on any atom is 0.472 e. The monoisotopic (exact) mass is 716 g/mol. The van der Waals surface area contributed by atoms with Crippen LogP contribution in [0.4, 0.5) is 0 Å². The second-order valence-electron chi connectivity index (χ2n) is 13.5. The average molecular weight is 716 g/mol. The number of ether oxygens (including phenoxy) is 2. The summed E-state index contributed by atoms with van der Waals surface area (Å²) in [6.45, 7) is 4.90. The number of phosphoric ester groups is 1. The van der Waals surface area contributed by atoms with Crippen LogP contribution in [0.25, 0.3) is 0 Å². The van der Waals surface area contributed by atoms with Crippen LogP contribution < -0.4 is 5.73 Å². The first kappa shape index (κ1) is 48.0. The minimum atomic E-state index is -4.27. The maximum atomic E-state index is 12.5. The number of hydrogen-bond acceptors (Lipinski definition) is 7. The van der Waals surface area contributed by atoms with Crippen LogP contribution in [0.5, 0.6) is 0 Å². The smallest absolute Gasteiger partial charge is 0.457 e. The molecule has 0 bridgehead atoms. The fourth-order valence-corrected chi connectivity index (χ4v) is 6.38. The van der Waals surface area contributed by atoms with E-state index in [1.165, 1.54) is 128 Å². The van der Waals surface area contributed by atoms with E-state index in [0.717, 1.165) is 38.5 Å². The van der Waals surface area contributed by atoms with Crippen LogP contribution in [0.1, 0.15) is 187 Å². The van der Waals surface area contributed by atoms with Crippen LogP contribution in [0, 0.1) is 0 Å². The Bertz CT molecular complexity index is 807. The second-order valence-corrected chi connectivity index (χ2v) is 15.0. The van der Waals surface area contributed by atoms with Crippen molar-refractivity contribution in [1.82, 2.24) is 0 Å². The Hall–Kier alpha value is -1.02. The summed E-state index contributed by atoms with van der Waals surface area (Å²) in [4.78, 5) is 22.4. The Morgan fingerprint density at radius 3 is 1.61 bits per heavy atom. The summed E-state index contributed by atoms with van der Waals surface area (Å²) >= 11 is 0. The summed E-state index contributed by atoms with van der Waals surface area (Å²) in [5, 5.41) is 0. The molecule has 0 aromatic carbocycles. The normalized spacial score (nSPS) is 13.8. The van der Waals surface area contributed by atoms with E-state index in [2.05, 4.69) is 38.2 Å². The van der Waals surface area contributed by atoms with Gasteiger partial charge in [-0.3, -0.25) is 13.8 Å². The summed E-state index contributed by atoms with van der Waals surface area (Å²) < 4.78 is 33.3. The van der Waals surface area contributed by atoms with Crippen LogP contribution in [-0.4, -0.2) is 49.9 Å². The molecule has 2 unspecified atom stereocenters. The van der Waals surface area contributed by atoms with Gasteiger partial charge in [-0.1, -0.05) is 160 Å². The topological polar surface area (TPSA) is 117 Å². The molecule has 8 nitrogen and oxygen atoms in total. The number of rotatable bonds is 39. The molecule has 0 aliphatic carbocycles. The standard InChI is InChI=1S/C40H78NO7P/c1-3-5-7-9-11-13-15-16-17-18-19-20-21-22-24-26-28-30-32-35-45-37-39(38-47-49(43,44)46-36-34-41)48-40(42)33-31-29-27-25-23-14-12-10-8-6-4-2/h13,15,17-18,39H,3-12,14,16,19-38,41H2,1-2H3,(H,43,44)/b15-13-,18-17-. The van der Waals surface area contributed by atoms with Gasteiger partial charge in [0, 0.05) is 19.6 Å². The van der Waals surface area contributed by atoms with E-state index in [1.54, 1.807) is 0 Å². The van der Waals surface area contributed by atoms with Crippen LogP contribution in [-0.2, 0) is 27.9 Å². The fourth-order valence-electron chi connectivity index (χ4n) is 5.61. The number of carbonyl (C=O) groups is 1. The highest BCUT2D eigenvalue weighted by Crippen LogP contribution is 2.43. The molecule has 0 saturated carbocycles. The van der Waals surface area contributed by atoms with E-state index in [1.807, 2.05) is 0 Å². The van der Waals surface area contributed by atoms with Gasteiger partial charge in [-0.05, 0) is 44.9 Å². The van der Waals surface area contributed by atoms with Crippen molar-refractivity contribution in [3.05, 3.63) is 24.3 Å². The molecular formula is C40H78NO7P. The summed E-state index contributed by atoms with van der Waals surface area (Å²) in [6.07, 6.45) is 40.5. The van der Waals surface area contributed by atoms with Crippen molar-refractivity contribution in [3.8, 4) is 0 Å². The Kier molecular flexibility index (Phi) is 37.4. The molecule has 0 amide bonds. The first-order chi connectivity index (χ1) is 23.9. The van der Waals surface area contributed by atoms with Gasteiger partial charge in [-0.25, -0.2) is 4.57 Å². The molecule has 290 valence electrons. The number of esters is 1. The summed E-state index contributed by atoms with van der Waals surface area (Å²) in [5.41, 5.74) is 5.35. The average Bonchev–Trinajstić information content (AvgIpc) is 3.09. The molecule has 0 rings (SSSR count). The maximum absolute atomic E-state index is 12.5. The van der Waals surface area contributed by atoms with Crippen molar-refractivity contribution in [2.75, 3.05) is 33.0 Å². The van der Waals surface area contributed by atoms with Gasteiger partial charge in [0.25, 0.3) is 0 Å². The molecule has 49 heavy (non-hydrogen) atoms. The number of phosphoric acid groups is 1. The Morgan fingerprint density at radius 2 is 1.08 bits per heavy atom. The van der Waals surface area contributed by atoms with Crippen LogP contribution in [0.2, 0.25) is 0 Å². The molecule has 0 aliphatic rings. The molecule has 0 aliphatic heterocycles. The van der Waals surface area contributed by atoms with E-state index >= 15 is 0 Å². The number of nitrogens with two attached hydrogens (primary N) is 1. The molecule has 0 aromatic rings. The van der Waals surface area contributed by atoms with Crippen molar-refractivity contribution in [1.29, 1.82) is 0 Å². The zero-order valence-corrected chi connectivity index (χ0v) is 32.8. The number of carbonyl (C=O) groups excluding carboxylic acids is 1. The predicted molar refractivity (Wildman–Crippen MR) is 206 cm³/mol. The minimum absolute atomic E-state index is 0.0949. The van der Waals surface area contributed by atoms with E-state index in [0.29, 0.717) is 13.0 Å². The van der Waals surface area contributed by atoms with Crippen molar-refractivity contribution < 1.29 is 32.8 Å². The Labute approximate surface area is 302 Å². The summed E-state index contributed by atoms with van der Waals surface area (Å²) in [6, 6.07) is 0. The van der Waals surface area contributed by atoms with Gasteiger partial charge in [0.15, 0.2) is 0 Å². The van der Waals surface area contributed by atoms with Gasteiger partial charge >= 0.3 is 13.8 Å². The largest absolute Gasteiger partial charge is 0.472 e. The predicted octanol–water partition coefficient (Wildman–Crippen LogP) is 11.7. The number of allylic oxidation sites excluding steroid dienone is 4. The molecule has 0 aromatic heterocycles. The van der Waals surface area contributed by atoms with Gasteiger partial charge in [0.1, 0.15) is 6.10 Å². The third kappa shape index (κ3) is 38.1. The van der Waals surface area contributed by atoms with Gasteiger partial charge in [-0.15, -0.1) is 0 Å². The molecule has 0 saturated heterocycles. The molecule has 3 N–H and O–H groups in total. The highest BCUT2D eigenvalue weighted by atomic mass is 31.2. The highest BCUT2D eigenvalue weighted by Gasteiger charge is 2.25. The first-order valence-corrected chi connectivity index (χ1v) is 21.8. The lowest BCUT2D eigenvalue weighted by Gasteiger charge is -2.20. The minimum Gasteiger partial charge on any atom is -0.457 e. The molecule has 0 heterocycles. The highest BCUT2D eigenvalue weighted by molar-refractivity contribution is 7.47. The molecule has 0 fully saturated rings. The molecule has 0 radical (unpaired) electrons. The quantitative estimate of drug-likeness (QED) is 0.0279. The molecule has 2 atom stereocenters. The zero-order chi connectivity index (χ0) is 35.9. The third-order valence-electron chi connectivity index (χ3n) is 8.62. The van der Waals surface area contributed by atoms with E-state index in [4.69, 9.17) is 24.3 Å². The lowest BCUT2D eigenvalue weighted by molar-refractivity contribution is -0.154. The molecule has 0 spiro atoms.